The van der Waals surface area contributed by atoms with Gasteiger partial charge in [0.1, 0.15) is 24.7 Å². The summed E-state index contributed by atoms with van der Waals surface area (Å²) in [6, 6.07) is 25.0. The summed E-state index contributed by atoms with van der Waals surface area (Å²) in [6.45, 7) is 1.37. The third kappa shape index (κ3) is 3.03. The first kappa shape index (κ1) is 16.6. The summed E-state index contributed by atoms with van der Waals surface area (Å²) in [5.41, 5.74) is 2.41. The van der Waals surface area contributed by atoms with Crippen LogP contribution in [-0.2, 0) is 0 Å². The van der Waals surface area contributed by atoms with Gasteiger partial charge in [0.2, 0.25) is 0 Å². The standard InChI is InChI=1S/2C13H10O/c2*1-2-5-11-10(4-1)7-8-13-12(11)6-3-9-14-13/h2*1-8H,9H2. The molecular formula is C26H20O2. The topological polar surface area (TPSA) is 18.5 Å². The summed E-state index contributed by atoms with van der Waals surface area (Å²) in [6.07, 6.45) is 8.38. The molecule has 0 amide bonds. The average molecular weight is 364 g/mol. The molecular weight excluding hydrogens is 344 g/mol. The quantitative estimate of drug-likeness (QED) is 0.355. The van der Waals surface area contributed by atoms with E-state index in [1.807, 2.05) is 12.1 Å². The highest BCUT2D eigenvalue weighted by molar-refractivity contribution is 5.94. The number of ether oxygens (including phenoxy) is 2. The summed E-state index contributed by atoms with van der Waals surface area (Å²) in [5, 5.41) is 5.06. The van der Waals surface area contributed by atoms with Crippen LogP contribution < -0.4 is 9.47 Å². The Morgan fingerprint density at radius 3 is 1.46 bits per heavy atom. The Morgan fingerprint density at radius 2 is 0.964 bits per heavy atom. The van der Waals surface area contributed by atoms with Gasteiger partial charge in [0.25, 0.3) is 0 Å². The molecule has 136 valence electrons. The first-order chi connectivity index (χ1) is 13.9. The zero-order valence-corrected chi connectivity index (χ0v) is 15.5. The fourth-order valence-corrected chi connectivity index (χ4v) is 3.75. The number of hydrogen-bond acceptors (Lipinski definition) is 2. The van der Waals surface area contributed by atoms with Crippen molar-refractivity contribution in [2.45, 2.75) is 0 Å². The Labute approximate surface area is 164 Å². The van der Waals surface area contributed by atoms with Gasteiger partial charge in [-0.25, -0.2) is 0 Å². The lowest BCUT2D eigenvalue weighted by molar-refractivity contribution is 0.359. The molecule has 0 unspecified atom stereocenters. The maximum Gasteiger partial charge on any atom is 0.127 e. The fourth-order valence-electron chi connectivity index (χ4n) is 3.75. The molecule has 6 rings (SSSR count). The van der Waals surface area contributed by atoms with Gasteiger partial charge >= 0.3 is 0 Å². The minimum atomic E-state index is 0.686. The Bertz CT molecular complexity index is 1120. The highest BCUT2D eigenvalue weighted by Crippen LogP contribution is 2.32. The van der Waals surface area contributed by atoms with Crippen LogP contribution in [0.3, 0.4) is 0 Å². The minimum Gasteiger partial charge on any atom is -0.489 e. The summed E-state index contributed by atoms with van der Waals surface area (Å²) in [5.74, 6) is 1.98. The predicted octanol–water partition coefficient (Wildman–Crippen LogP) is 6.49. The highest BCUT2D eigenvalue weighted by Gasteiger charge is 2.09. The van der Waals surface area contributed by atoms with Gasteiger partial charge in [-0.3, -0.25) is 0 Å². The second kappa shape index (κ2) is 7.24. The highest BCUT2D eigenvalue weighted by atomic mass is 16.5. The Hall–Kier alpha value is -3.52. The van der Waals surface area contributed by atoms with Gasteiger partial charge in [-0.2, -0.15) is 0 Å². The monoisotopic (exact) mass is 364 g/mol. The van der Waals surface area contributed by atoms with Crippen molar-refractivity contribution in [2.75, 3.05) is 13.2 Å². The third-order valence-corrected chi connectivity index (χ3v) is 5.10. The Kier molecular flexibility index (Phi) is 4.30. The number of hydrogen-bond donors (Lipinski definition) is 0. The molecule has 2 heteroatoms. The van der Waals surface area contributed by atoms with Crippen molar-refractivity contribution in [1.29, 1.82) is 0 Å². The molecule has 4 aromatic rings. The van der Waals surface area contributed by atoms with E-state index in [4.69, 9.17) is 9.47 Å². The van der Waals surface area contributed by atoms with E-state index in [0.29, 0.717) is 13.2 Å². The lowest BCUT2D eigenvalue weighted by Gasteiger charge is -2.14. The zero-order valence-electron chi connectivity index (χ0n) is 15.5. The van der Waals surface area contributed by atoms with Crippen molar-refractivity contribution in [3.63, 3.8) is 0 Å². The van der Waals surface area contributed by atoms with E-state index in [1.54, 1.807) is 0 Å². The van der Waals surface area contributed by atoms with Crippen LogP contribution in [0.25, 0.3) is 33.7 Å². The van der Waals surface area contributed by atoms with Crippen LogP contribution in [0.4, 0.5) is 0 Å². The van der Waals surface area contributed by atoms with Crippen LogP contribution in [0.1, 0.15) is 11.1 Å². The van der Waals surface area contributed by atoms with Crippen LogP contribution in [-0.4, -0.2) is 13.2 Å². The molecule has 0 saturated heterocycles. The smallest absolute Gasteiger partial charge is 0.127 e. The molecule has 0 spiro atoms. The van der Waals surface area contributed by atoms with Crippen molar-refractivity contribution in [3.05, 3.63) is 96.1 Å². The predicted molar refractivity (Wildman–Crippen MR) is 117 cm³/mol. The van der Waals surface area contributed by atoms with E-state index < -0.39 is 0 Å². The zero-order chi connectivity index (χ0) is 18.8. The number of rotatable bonds is 0. The van der Waals surface area contributed by atoms with E-state index >= 15 is 0 Å². The van der Waals surface area contributed by atoms with Gasteiger partial charge in [0.05, 0.1) is 0 Å². The molecule has 0 radical (unpaired) electrons. The summed E-state index contributed by atoms with van der Waals surface area (Å²) in [7, 11) is 0. The molecule has 2 nitrogen and oxygen atoms in total. The van der Waals surface area contributed by atoms with Crippen molar-refractivity contribution >= 4 is 33.7 Å². The van der Waals surface area contributed by atoms with E-state index in [9.17, 15) is 0 Å². The van der Waals surface area contributed by atoms with Gasteiger partial charge in [-0.1, -0.05) is 72.8 Å². The van der Waals surface area contributed by atoms with Gasteiger partial charge in [0.15, 0.2) is 0 Å². The van der Waals surface area contributed by atoms with Crippen LogP contribution >= 0.6 is 0 Å². The van der Waals surface area contributed by atoms with Crippen molar-refractivity contribution < 1.29 is 9.47 Å². The van der Waals surface area contributed by atoms with Gasteiger partial charge < -0.3 is 9.47 Å². The Balaban J connectivity index is 0.000000122. The Morgan fingerprint density at radius 1 is 0.500 bits per heavy atom. The molecule has 0 saturated carbocycles. The molecule has 2 aliphatic rings. The molecule has 0 fully saturated rings. The normalized spacial score (nSPS) is 13.7. The van der Waals surface area contributed by atoms with Crippen LogP contribution in [0.15, 0.2) is 84.9 Å². The fraction of sp³-hybridized carbons (Fsp3) is 0.0769. The van der Waals surface area contributed by atoms with Crippen LogP contribution in [0, 0.1) is 0 Å². The van der Waals surface area contributed by atoms with Crippen LogP contribution in [0.2, 0.25) is 0 Å². The van der Waals surface area contributed by atoms with E-state index in [1.165, 1.54) is 32.7 Å². The van der Waals surface area contributed by atoms with Gasteiger partial charge in [-0.15, -0.1) is 0 Å². The number of benzene rings is 4. The number of fused-ring (bicyclic) bond motifs is 6. The van der Waals surface area contributed by atoms with Gasteiger partial charge in [0, 0.05) is 11.1 Å². The van der Waals surface area contributed by atoms with Gasteiger partial charge in [-0.05, 0) is 45.8 Å². The molecule has 0 N–H and O–H groups in total. The minimum absolute atomic E-state index is 0.686. The first-order valence-corrected chi connectivity index (χ1v) is 9.52. The molecule has 0 aliphatic carbocycles. The van der Waals surface area contributed by atoms with E-state index in [-0.39, 0.29) is 0 Å². The molecule has 28 heavy (non-hydrogen) atoms. The summed E-state index contributed by atoms with van der Waals surface area (Å²) in [4.78, 5) is 0. The lowest BCUT2D eigenvalue weighted by Crippen LogP contribution is -2.00. The average Bonchev–Trinajstić information content (AvgIpc) is 2.79. The second-order valence-electron chi connectivity index (χ2n) is 6.82. The molecule has 0 aromatic heterocycles. The molecule has 2 aliphatic heterocycles. The molecule has 0 bridgehead atoms. The lowest BCUT2D eigenvalue weighted by atomic mass is 10.0. The largest absolute Gasteiger partial charge is 0.489 e. The SMILES string of the molecule is C1=Cc2c(ccc3ccccc23)OC1.C1=Cc2c(ccc3ccccc23)OC1. The maximum absolute atomic E-state index is 5.54. The van der Waals surface area contributed by atoms with Crippen molar-refractivity contribution in [1.82, 2.24) is 0 Å². The molecule has 4 aromatic carbocycles. The summed E-state index contributed by atoms with van der Waals surface area (Å²) < 4.78 is 11.1. The van der Waals surface area contributed by atoms with Crippen LogP contribution in [0.5, 0.6) is 11.5 Å². The molecule has 0 atom stereocenters. The van der Waals surface area contributed by atoms with Crippen molar-refractivity contribution in [3.8, 4) is 11.5 Å². The summed E-state index contributed by atoms with van der Waals surface area (Å²) >= 11 is 0. The van der Waals surface area contributed by atoms with E-state index in [2.05, 4.69) is 85.0 Å². The molecule has 2 heterocycles. The van der Waals surface area contributed by atoms with E-state index in [0.717, 1.165) is 11.5 Å². The first-order valence-electron chi connectivity index (χ1n) is 9.52. The van der Waals surface area contributed by atoms with Crippen molar-refractivity contribution in [2.24, 2.45) is 0 Å². The third-order valence-electron chi connectivity index (χ3n) is 5.10. The second-order valence-corrected chi connectivity index (χ2v) is 6.82. The maximum atomic E-state index is 5.54.